The maximum absolute atomic E-state index is 13.4. The van der Waals surface area contributed by atoms with Crippen LogP contribution < -0.4 is 10.1 Å². The van der Waals surface area contributed by atoms with Gasteiger partial charge in [0.05, 0.1) is 17.5 Å². The topological polar surface area (TPSA) is 110 Å². The van der Waals surface area contributed by atoms with E-state index in [1.807, 2.05) is 31.1 Å². The van der Waals surface area contributed by atoms with Gasteiger partial charge in [0.25, 0.3) is 5.91 Å². The second kappa shape index (κ2) is 11.6. The summed E-state index contributed by atoms with van der Waals surface area (Å²) >= 11 is 0. The predicted octanol–water partition coefficient (Wildman–Crippen LogP) is 3.98. The Labute approximate surface area is 251 Å². The number of aryl methyl sites for hydroxylation is 3. The molecule has 0 bridgehead atoms. The van der Waals surface area contributed by atoms with Crippen molar-refractivity contribution in [1.82, 2.24) is 34.3 Å². The molecule has 11 nitrogen and oxygen atoms in total. The van der Waals surface area contributed by atoms with Crippen LogP contribution in [0.4, 0.5) is 5.82 Å². The maximum Gasteiger partial charge on any atom is 0.257 e. The van der Waals surface area contributed by atoms with Gasteiger partial charge in [0.2, 0.25) is 5.91 Å². The molecule has 2 amide bonds. The number of anilines is 1. The smallest absolute Gasteiger partial charge is 0.257 e. The van der Waals surface area contributed by atoms with Crippen molar-refractivity contribution in [3.8, 4) is 5.75 Å². The Bertz CT molecular complexity index is 1670. The van der Waals surface area contributed by atoms with Crippen molar-refractivity contribution < 1.29 is 14.3 Å². The van der Waals surface area contributed by atoms with Gasteiger partial charge in [-0.05, 0) is 61.9 Å². The molecular formula is C32H38N8O3. The lowest BCUT2D eigenvalue weighted by molar-refractivity contribution is -0.130. The molecule has 43 heavy (non-hydrogen) atoms. The first-order valence-corrected chi connectivity index (χ1v) is 14.8. The number of benzene rings is 1. The standard InChI is InChI=1S/C32H38N8O3/c1-6-29(41)40-14-13-39(18-21(40)3)19-27(25-10-9-23(16-33-25)22-7-8-22)43-26-15-20(2)30(24-17-34-38(5)31(24)26)32(42)35-28-11-12-37(4)36-28/h6,9-12,15-17,21-22,27H,1,7-8,13-14,18-19H2,2-5H3,(H,35,36,42)/t21-,27-/m1/s1. The van der Waals surface area contributed by atoms with E-state index in [1.54, 1.807) is 34.9 Å². The Balaban J connectivity index is 1.31. The molecule has 3 aromatic heterocycles. The van der Waals surface area contributed by atoms with Gasteiger partial charge < -0.3 is 15.0 Å². The highest BCUT2D eigenvalue weighted by Gasteiger charge is 2.31. The molecule has 0 radical (unpaired) electrons. The molecule has 2 atom stereocenters. The van der Waals surface area contributed by atoms with Crippen LogP contribution >= 0.6 is 0 Å². The van der Waals surface area contributed by atoms with E-state index in [1.165, 1.54) is 24.5 Å². The van der Waals surface area contributed by atoms with Gasteiger partial charge in [-0.25, -0.2) is 0 Å². The second-order valence-corrected chi connectivity index (χ2v) is 11.7. The Morgan fingerprint density at radius 1 is 1.19 bits per heavy atom. The van der Waals surface area contributed by atoms with Crippen molar-refractivity contribution in [1.29, 1.82) is 0 Å². The van der Waals surface area contributed by atoms with Crippen LogP contribution in [-0.4, -0.2) is 78.4 Å². The van der Waals surface area contributed by atoms with E-state index in [0.29, 0.717) is 48.1 Å². The summed E-state index contributed by atoms with van der Waals surface area (Å²) in [7, 11) is 3.65. The molecule has 4 heterocycles. The molecule has 2 fully saturated rings. The largest absolute Gasteiger partial charge is 0.480 e. The fourth-order valence-corrected chi connectivity index (χ4v) is 6.00. The number of aromatic nitrogens is 5. The number of ether oxygens (including phenoxy) is 1. The van der Waals surface area contributed by atoms with E-state index in [9.17, 15) is 9.59 Å². The summed E-state index contributed by atoms with van der Waals surface area (Å²) in [6.45, 7) is 10.3. The summed E-state index contributed by atoms with van der Waals surface area (Å²) < 4.78 is 10.2. The third-order valence-electron chi connectivity index (χ3n) is 8.42. The maximum atomic E-state index is 13.4. The van der Waals surface area contributed by atoms with Gasteiger partial charge in [-0.2, -0.15) is 10.2 Å². The van der Waals surface area contributed by atoms with Crippen molar-refractivity contribution in [3.05, 3.63) is 77.9 Å². The Morgan fingerprint density at radius 3 is 2.65 bits per heavy atom. The highest BCUT2D eigenvalue weighted by atomic mass is 16.5. The van der Waals surface area contributed by atoms with Gasteiger partial charge >= 0.3 is 0 Å². The Morgan fingerprint density at radius 2 is 2.00 bits per heavy atom. The van der Waals surface area contributed by atoms with Gasteiger partial charge in [-0.1, -0.05) is 12.6 Å². The molecule has 6 rings (SSSR count). The minimum atomic E-state index is -0.382. The Kier molecular flexibility index (Phi) is 7.74. The van der Waals surface area contributed by atoms with Crippen LogP contribution in [0.1, 0.15) is 59.0 Å². The fraction of sp³-hybridized carbons (Fsp3) is 0.406. The van der Waals surface area contributed by atoms with Gasteiger partial charge in [0.1, 0.15) is 11.3 Å². The summed E-state index contributed by atoms with van der Waals surface area (Å²) in [5, 5.41) is 12.4. The zero-order valence-electron chi connectivity index (χ0n) is 25.2. The number of carbonyl (C=O) groups excluding carboxylic acids is 2. The average molecular weight is 583 g/mol. The van der Waals surface area contributed by atoms with Crippen molar-refractivity contribution >= 4 is 28.5 Å². The highest BCUT2D eigenvalue weighted by Crippen LogP contribution is 2.40. The third-order valence-corrected chi connectivity index (χ3v) is 8.42. The number of pyridine rings is 1. The van der Waals surface area contributed by atoms with E-state index in [2.05, 4.69) is 46.0 Å². The number of amides is 2. The second-order valence-electron chi connectivity index (χ2n) is 11.7. The SMILES string of the molecule is C=CC(=O)N1CCN(C[C@@H](Oc2cc(C)c(C(=O)Nc3ccn(C)n3)c3cnn(C)c23)c2ccc(C3CC3)cn2)C[C@H]1C. The minimum absolute atomic E-state index is 0.0430. The fourth-order valence-electron chi connectivity index (χ4n) is 6.00. The van der Waals surface area contributed by atoms with Crippen LogP contribution in [0, 0.1) is 6.92 Å². The summed E-state index contributed by atoms with van der Waals surface area (Å²) in [4.78, 5) is 34.8. The molecule has 1 saturated carbocycles. The van der Waals surface area contributed by atoms with Crippen LogP contribution in [0.2, 0.25) is 0 Å². The van der Waals surface area contributed by atoms with E-state index < -0.39 is 0 Å². The van der Waals surface area contributed by atoms with Crippen molar-refractivity contribution in [2.75, 3.05) is 31.5 Å². The van der Waals surface area contributed by atoms with Crippen LogP contribution in [0.15, 0.2) is 55.5 Å². The molecule has 224 valence electrons. The molecule has 4 aromatic rings. The average Bonchev–Trinajstić information content (AvgIpc) is 3.66. The molecule has 2 aliphatic rings. The lowest BCUT2D eigenvalue weighted by Gasteiger charge is -2.40. The highest BCUT2D eigenvalue weighted by molar-refractivity contribution is 6.14. The first-order chi connectivity index (χ1) is 20.7. The number of nitrogens with zero attached hydrogens (tertiary/aromatic N) is 7. The van der Waals surface area contributed by atoms with Crippen LogP contribution in [0.5, 0.6) is 5.75 Å². The molecule has 1 aliphatic heterocycles. The molecule has 0 spiro atoms. The molecule has 1 aromatic carbocycles. The Hall–Kier alpha value is -4.51. The molecule has 0 unspecified atom stereocenters. The number of carbonyl (C=O) groups is 2. The van der Waals surface area contributed by atoms with Crippen molar-refractivity contribution in [3.63, 3.8) is 0 Å². The number of hydrogen-bond donors (Lipinski definition) is 1. The summed E-state index contributed by atoms with van der Waals surface area (Å²) in [6, 6.07) is 7.95. The van der Waals surface area contributed by atoms with Crippen molar-refractivity contribution in [2.24, 2.45) is 14.1 Å². The van der Waals surface area contributed by atoms with Crippen LogP contribution in [-0.2, 0) is 18.9 Å². The number of hydrogen-bond acceptors (Lipinski definition) is 7. The lowest BCUT2D eigenvalue weighted by Crippen LogP contribution is -2.54. The van der Waals surface area contributed by atoms with Crippen molar-refractivity contribution in [2.45, 2.75) is 44.8 Å². The van der Waals surface area contributed by atoms with Gasteiger partial charge in [-0.3, -0.25) is 28.8 Å². The van der Waals surface area contributed by atoms with E-state index >= 15 is 0 Å². The summed E-state index contributed by atoms with van der Waals surface area (Å²) in [5.41, 5.74) is 4.13. The van der Waals surface area contributed by atoms with E-state index in [0.717, 1.165) is 23.3 Å². The predicted molar refractivity (Wildman–Crippen MR) is 164 cm³/mol. The van der Waals surface area contributed by atoms with Crippen LogP contribution in [0.3, 0.4) is 0 Å². The lowest BCUT2D eigenvalue weighted by atomic mass is 10.0. The monoisotopic (exact) mass is 582 g/mol. The first kappa shape index (κ1) is 28.6. The third kappa shape index (κ3) is 5.90. The van der Waals surface area contributed by atoms with E-state index in [-0.39, 0.29) is 24.0 Å². The zero-order valence-corrected chi connectivity index (χ0v) is 25.2. The number of piperazine rings is 1. The zero-order chi connectivity index (χ0) is 30.2. The molecular weight excluding hydrogens is 544 g/mol. The van der Waals surface area contributed by atoms with Crippen LogP contribution in [0.25, 0.3) is 10.9 Å². The first-order valence-electron chi connectivity index (χ1n) is 14.8. The number of rotatable bonds is 9. The summed E-state index contributed by atoms with van der Waals surface area (Å²) in [6.07, 6.45) is 8.89. The normalized spacial score (nSPS) is 18.0. The molecule has 1 saturated heterocycles. The number of nitrogens with one attached hydrogen (secondary N) is 1. The number of fused-ring (bicyclic) bond motifs is 1. The quantitative estimate of drug-likeness (QED) is 0.297. The minimum Gasteiger partial charge on any atom is -0.480 e. The van der Waals surface area contributed by atoms with Gasteiger partial charge in [0, 0.05) is 70.2 Å². The van der Waals surface area contributed by atoms with E-state index in [4.69, 9.17) is 9.72 Å². The molecule has 1 N–H and O–H groups in total. The summed E-state index contributed by atoms with van der Waals surface area (Å²) in [5.74, 6) is 1.43. The van der Waals surface area contributed by atoms with Gasteiger partial charge in [-0.15, -0.1) is 0 Å². The molecule has 1 aliphatic carbocycles. The van der Waals surface area contributed by atoms with Gasteiger partial charge in [0.15, 0.2) is 11.9 Å². The molecule has 11 heteroatoms.